The van der Waals surface area contributed by atoms with Crippen LogP contribution < -0.4 is 10.6 Å². The summed E-state index contributed by atoms with van der Waals surface area (Å²) in [5.74, 6) is 1.40. The van der Waals surface area contributed by atoms with E-state index in [0.29, 0.717) is 12.5 Å². The second-order valence-electron chi connectivity index (χ2n) is 6.77. The van der Waals surface area contributed by atoms with Gasteiger partial charge in [-0.05, 0) is 31.4 Å². The second kappa shape index (κ2) is 12.9. The number of halogens is 1. The number of nitrogens with zero attached hydrogens (tertiary/aromatic N) is 2. The number of hydrogen-bond acceptors (Lipinski definition) is 4. The van der Waals surface area contributed by atoms with Crippen LogP contribution in [0.2, 0.25) is 0 Å². The molecule has 1 saturated heterocycles. The molecular formula is C21H31IN4O2. The van der Waals surface area contributed by atoms with Gasteiger partial charge in [-0.15, -0.1) is 24.0 Å². The number of hydrogen-bond donors (Lipinski definition) is 2. The third kappa shape index (κ3) is 7.18. The zero-order chi connectivity index (χ0) is 18.7. The molecule has 0 radical (unpaired) electrons. The van der Waals surface area contributed by atoms with E-state index in [-0.39, 0.29) is 24.0 Å². The van der Waals surface area contributed by atoms with Crippen LogP contribution in [0.5, 0.6) is 0 Å². The summed E-state index contributed by atoms with van der Waals surface area (Å²) >= 11 is 0. The third-order valence-electron chi connectivity index (χ3n) is 4.60. The molecule has 28 heavy (non-hydrogen) atoms. The van der Waals surface area contributed by atoms with Gasteiger partial charge in [0.1, 0.15) is 0 Å². The van der Waals surface area contributed by atoms with Crippen LogP contribution in [0.15, 0.2) is 41.5 Å². The normalized spacial score (nSPS) is 16.8. The fourth-order valence-corrected chi connectivity index (χ4v) is 3.15. The molecule has 1 aromatic carbocycles. The quantitative estimate of drug-likeness (QED) is 0.240. The average Bonchev–Trinajstić information content (AvgIpc) is 3.22. The van der Waals surface area contributed by atoms with E-state index < -0.39 is 0 Å². The van der Waals surface area contributed by atoms with Gasteiger partial charge in [-0.3, -0.25) is 4.98 Å². The summed E-state index contributed by atoms with van der Waals surface area (Å²) in [5, 5.41) is 7.83. The molecule has 0 saturated carbocycles. The average molecular weight is 498 g/mol. The van der Waals surface area contributed by atoms with Crippen molar-refractivity contribution in [3.05, 3.63) is 42.1 Å². The van der Waals surface area contributed by atoms with Crippen LogP contribution in [-0.4, -0.2) is 50.5 Å². The largest absolute Gasteiger partial charge is 0.381 e. The van der Waals surface area contributed by atoms with Crippen molar-refractivity contribution in [1.29, 1.82) is 0 Å². The van der Waals surface area contributed by atoms with Gasteiger partial charge in [-0.25, -0.2) is 4.99 Å². The van der Waals surface area contributed by atoms with Gasteiger partial charge in [0.25, 0.3) is 0 Å². The van der Waals surface area contributed by atoms with E-state index in [4.69, 9.17) is 14.5 Å². The summed E-state index contributed by atoms with van der Waals surface area (Å²) in [6.45, 7) is 7.63. The number of benzene rings is 1. The molecule has 1 aliphatic heterocycles. The Morgan fingerprint density at radius 3 is 3.00 bits per heavy atom. The maximum Gasteiger partial charge on any atom is 0.191 e. The van der Waals surface area contributed by atoms with Crippen molar-refractivity contribution in [1.82, 2.24) is 15.6 Å². The van der Waals surface area contributed by atoms with Crippen molar-refractivity contribution < 1.29 is 9.47 Å². The van der Waals surface area contributed by atoms with E-state index in [9.17, 15) is 0 Å². The van der Waals surface area contributed by atoms with Crippen molar-refractivity contribution in [2.24, 2.45) is 10.9 Å². The minimum Gasteiger partial charge on any atom is -0.381 e. The first-order valence-corrected chi connectivity index (χ1v) is 9.87. The van der Waals surface area contributed by atoms with Crippen molar-refractivity contribution in [3.63, 3.8) is 0 Å². The minimum absolute atomic E-state index is 0. The lowest BCUT2D eigenvalue weighted by molar-refractivity contribution is 0.0888. The van der Waals surface area contributed by atoms with E-state index in [1.54, 1.807) is 0 Å². The van der Waals surface area contributed by atoms with Gasteiger partial charge in [-0.1, -0.05) is 24.3 Å². The Kier molecular flexibility index (Phi) is 10.5. The van der Waals surface area contributed by atoms with Gasteiger partial charge >= 0.3 is 0 Å². The molecule has 1 atom stereocenters. The highest BCUT2D eigenvalue weighted by atomic mass is 127. The lowest BCUT2D eigenvalue weighted by Crippen LogP contribution is -2.38. The summed E-state index contributed by atoms with van der Waals surface area (Å²) in [6.07, 6.45) is 3.91. The van der Waals surface area contributed by atoms with Gasteiger partial charge in [0.2, 0.25) is 0 Å². The Balaban J connectivity index is 0.00000280. The number of pyridine rings is 1. The zero-order valence-electron chi connectivity index (χ0n) is 16.5. The highest BCUT2D eigenvalue weighted by Gasteiger charge is 2.15. The zero-order valence-corrected chi connectivity index (χ0v) is 18.9. The summed E-state index contributed by atoms with van der Waals surface area (Å²) in [6, 6.07) is 10.3. The van der Waals surface area contributed by atoms with Gasteiger partial charge in [-0.2, -0.15) is 0 Å². The Morgan fingerprint density at radius 1 is 1.29 bits per heavy atom. The van der Waals surface area contributed by atoms with Crippen LogP contribution in [0, 0.1) is 5.92 Å². The molecule has 0 aliphatic carbocycles. The van der Waals surface area contributed by atoms with Crippen LogP contribution in [0.1, 0.15) is 25.3 Å². The molecule has 3 rings (SSSR count). The highest BCUT2D eigenvalue weighted by molar-refractivity contribution is 14.0. The minimum atomic E-state index is 0. The van der Waals surface area contributed by atoms with E-state index in [0.717, 1.165) is 74.8 Å². The first-order valence-electron chi connectivity index (χ1n) is 9.87. The molecule has 0 spiro atoms. The van der Waals surface area contributed by atoms with Crippen LogP contribution >= 0.6 is 24.0 Å². The standard InChI is InChI=1S/C21H30N4O2.HI/c1-2-22-21(24-11-5-12-26-15-17-9-13-27-16-17)25-14-19-7-3-6-18-8-4-10-23-20(18)19;/h3-4,6-8,10,17H,2,5,9,11-16H2,1H3,(H2,22,24,25);1H. The first-order chi connectivity index (χ1) is 13.4. The molecule has 7 heteroatoms. The monoisotopic (exact) mass is 498 g/mol. The molecule has 6 nitrogen and oxygen atoms in total. The van der Waals surface area contributed by atoms with Crippen molar-refractivity contribution in [3.8, 4) is 0 Å². The predicted octanol–water partition coefficient (Wildman–Crippen LogP) is 3.35. The molecule has 1 fully saturated rings. The number of guanidine groups is 1. The number of aliphatic imine (C=N–C) groups is 1. The summed E-state index contributed by atoms with van der Waals surface area (Å²) < 4.78 is 11.1. The van der Waals surface area contributed by atoms with E-state index in [2.05, 4.69) is 46.8 Å². The topological polar surface area (TPSA) is 67.8 Å². The Bertz CT molecular complexity index is 730. The lowest BCUT2D eigenvalue weighted by atomic mass is 10.1. The molecule has 2 heterocycles. The molecule has 1 aromatic heterocycles. The van der Waals surface area contributed by atoms with Crippen LogP contribution in [-0.2, 0) is 16.0 Å². The Hall–Kier alpha value is -1.45. The maximum atomic E-state index is 5.75. The van der Waals surface area contributed by atoms with Crippen LogP contribution in [0.25, 0.3) is 10.9 Å². The molecule has 0 bridgehead atoms. The molecule has 0 amide bonds. The second-order valence-corrected chi connectivity index (χ2v) is 6.77. The first kappa shape index (κ1) is 22.8. The smallest absolute Gasteiger partial charge is 0.191 e. The van der Waals surface area contributed by atoms with Crippen LogP contribution in [0.3, 0.4) is 0 Å². The number of ether oxygens (including phenoxy) is 2. The van der Waals surface area contributed by atoms with Crippen molar-refractivity contribution in [2.75, 3.05) is 39.5 Å². The van der Waals surface area contributed by atoms with E-state index in [1.807, 2.05) is 12.3 Å². The van der Waals surface area contributed by atoms with Crippen molar-refractivity contribution >= 4 is 40.8 Å². The van der Waals surface area contributed by atoms with Crippen LogP contribution in [0.4, 0.5) is 0 Å². The SMILES string of the molecule is CCNC(=NCc1cccc2cccnc12)NCCCOCC1CCOC1.I. The van der Waals surface area contributed by atoms with Gasteiger partial charge < -0.3 is 20.1 Å². The molecule has 154 valence electrons. The number of aromatic nitrogens is 1. The van der Waals surface area contributed by atoms with Gasteiger partial charge in [0, 0.05) is 43.8 Å². The number of fused-ring (bicyclic) bond motifs is 1. The fraction of sp³-hybridized carbons (Fsp3) is 0.524. The maximum absolute atomic E-state index is 5.75. The van der Waals surface area contributed by atoms with Crippen molar-refractivity contribution in [2.45, 2.75) is 26.3 Å². The Labute approximate surface area is 184 Å². The number of nitrogens with one attached hydrogen (secondary N) is 2. The molecule has 2 N–H and O–H groups in total. The Morgan fingerprint density at radius 2 is 2.18 bits per heavy atom. The van der Waals surface area contributed by atoms with E-state index >= 15 is 0 Å². The lowest BCUT2D eigenvalue weighted by Gasteiger charge is -2.12. The molecule has 1 unspecified atom stereocenters. The van der Waals surface area contributed by atoms with Gasteiger partial charge in [0.05, 0.1) is 25.3 Å². The molecule has 2 aromatic rings. The summed E-state index contributed by atoms with van der Waals surface area (Å²) in [7, 11) is 0. The molecular weight excluding hydrogens is 467 g/mol. The summed E-state index contributed by atoms with van der Waals surface area (Å²) in [4.78, 5) is 9.21. The van der Waals surface area contributed by atoms with Gasteiger partial charge in [0.15, 0.2) is 5.96 Å². The number of para-hydroxylation sites is 1. The van der Waals surface area contributed by atoms with E-state index in [1.165, 1.54) is 0 Å². The third-order valence-corrected chi connectivity index (χ3v) is 4.60. The predicted molar refractivity (Wildman–Crippen MR) is 124 cm³/mol. The summed E-state index contributed by atoms with van der Waals surface area (Å²) in [5.41, 5.74) is 2.15. The highest BCUT2D eigenvalue weighted by Crippen LogP contribution is 2.16. The number of rotatable bonds is 9. The fourth-order valence-electron chi connectivity index (χ4n) is 3.15. The molecule has 1 aliphatic rings.